The molecule has 118 valence electrons. The summed E-state index contributed by atoms with van der Waals surface area (Å²) in [7, 11) is 0. The summed E-state index contributed by atoms with van der Waals surface area (Å²) < 4.78 is 6.90. The van der Waals surface area contributed by atoms with Crippen LogP contribution in [0.4, 0.5) is 0 Å². The van der Waals surface area contributed by atoms with Crippen LogP contribution in [0, 0.1) is 0 Å². The molecule has 1 heterocycles. The van der Waals surface area contributed by atoms with Crippen molar-refractivity contribution in [3.8, 4) is 0 Å². The van der Waals surface area contributed by atoms with E-state index in [4.69, 9.17) is 4.74 Å². The van der Waals surface area contributed by atoms with E-state index in [0.29, 0.717) is 4.88 Å². The van der Waals surface area contributed by atoms with E-state index in [1.165, 1.54) is 11.3 Å². The molecule has 1 amide bonds. The second-order valence-corrected chi connectivity index (χ2v) is 8.44. The molecule has 1 aromatic heterocycles. The summed E-state index contributed by atoms with van der Waals surface area (Å²) in [5, 5.41) is 0. The average molecular weight is 441 g/mol. The maximum atomic E-state index is 12.4. The highest BCUT2D eigenvalue weighted by atomic mass is 79.9. The molecule has 0 aliphatic carbocycles. The molecule has 7 heteroatoms. The lowest BCUT2D eigenvalue weighted by Crippen LogP contribution is -2.47. The van der Waals surface area contributed by atoms with Crippen LogP contribution in [0.3, 0.4) is 0 Å². The number of thiophene rings is 1. The number of halogens is 2. The number of ether oxygens (including phenoxy) is 1. The van der Waals surface area contributed by atoms with Crippen LogP contribution < -0.4 is 0 Å². The van der Waals surface area contributed by atoms with Crippen LogP contribution in [0.15, 0.2) is 14.3 Å². The van der Waals surface area contributed by atoms with Crippen LogP contribution in [0.2, 0.25) is 0 Å². The first-order valence-corrected chi connectivity index (χ1v) is 9.03. The number of esters is 1. The number of nitrogens with zero attached hydrogens (tertiary/aromatic N) is 1. The van der Waals surface area contributed by atoms with Gasteiger partial charge in [0.05, 0.1) is 3.79 Å². The Hall–Kier alpha value is -0.400. The molecule has 0 bridgehead atoms. The summed E-state index contributed by atoms with van der Waals surface area (Å²) in [6.07, 6.45) is -0.804. The van der Waals surface area contributed by atoms with Gasteiger partial charge in [-0.2, -0.15) is 0 Å². The number of hydrogen-bond donors (Lipinski definition) is 0. The van der Waals surface area contributed by atoms with Crippen LogP contribution in [0.25, 0.3) is 0 Å². The Morgan fingerprint density at radius 1 is 1.14 bits per heavy atom. The number of carbonyl (C=O) groups excluding carboxylic acids is 2. The van der Waals surface area contributed by atoms with Gasteiger partial charge in [0.25, 0.3) is 5.91 Å². The lowest BCUT2D eigenvalue weighted by atomic mass is 10.2. The maximum absolute atomic E-state index is 12.4. The van der Waals surface area contributed by atoms with Crippen LogP contribution in [0.1, 0.15) is 44.3 Å². The van der Waals surface area contributed by atoms with E-state index in [-0.39, 0.29) is 18.0 Å². The van der Waals surface area contributed by atoms with Gasteiger partial charge < -0.3 is 9.64 Å². The van der Waals surface area contributed by atoms with E-state index >= 15 is 0 Å². The fourth-order valence-electron chi connectivity index (χ4n) is 2.03. The minimum atomic E-state index is -0.804. The first-order valence-electron chi connectivity index (χ1n) is 6.63. The Morgan fingerprint density at radius 2 is 1.67 bits per heavy atom. The Balaban J connectivity index is 2.77. The first-order chi connectivity index (χ1) is 9.65. The van der Waals surface area contributed by atoms with E-state index in [1.807, 2.05) is 27.7 Å². The molecule has 1 unspecified atom stereocenters. The minimum Gasteiger partial charge on any atom is -0.448 e. The lowest BCUT2D eigenvalue weighted by molar-refractivity contribution is -0.143. The average Bonchev–Trinajstić information content (AvgIpc) is 2.68. The number of hydrogen-bond acceptors (Lipinski definition) is 4. The van der Waals surface area contributed by atoms with Crippen molar-refractivity contribution in [2.45, 2.75) is 52.8 Å². The van der Waals surface area contributed by atoms with Gasteiger partial charge in [-0.3, -0.25) is 4.79 Å². The van der Waals surface area contributed by atoms with Gasteiger partial charge in [0.2, 0.25) is 0 Å². The summed E-state index contributed by atoms with van der Waals surface area (Å²) in [6, 6.07) is 1.80. The molecule has 0 aromatic carbocycles. The van der Waals surface area contributed by atoms with Crippen LogP contribution in [-0.2, 0) is 9.53 Å². The largest absolute Gasteiger partial charge is 0.448 e. The molecule has 0 fully saturated rings. The topological polar surface area (TPSA) is 46.6 Å². The predicted octanol–water partition coefficient (Wildman–Crippen LogP) is 4.46. The molecule has 0 saturated heterocycles. The highest BCUT2D eigenvalue weighted by Crippen LogP contribution is 2.32. The summed E-state index contributed by atoms with van der Waals surface area (Å²) in [5.41, 5.74) is 0. The molecule has 1 rings (SSSR count). The summed E-state index contributed by atoms with van der Waals surface area (Å²) in [4.78, 5) is 26.6. The van der Waals surface area contributed by atoms with Crippen LogP contribution >= 0.6 is 43.2 Å². The summed E-state index contributed by atoms with van der Waals surface area (Å²) in [5.74, 6) is -0.664. The van der Waals surface area contributed by atoms with E-state index < -0.39 is 12.1 Å². The second-order valence-electron chi connectivity index (χ2n) is 5.21. The molecule has 1 atom stereocenters. The van der Waals surface area contributed by atoms with Crippen molar-refractivity contribution in [3.63, 3.8) is 0 Å². The minimum absolute atomic E-state index is 0.0590. The Kier molecular flexibility index (Phi) is 6.87. The smallest absolute Gasteiger partial charge is 0.349 e. The van der Waals surface area contributed by atoms with Crippen molar-refractivity contribution in [2.75, 3.05) is 0 Å². The molecule has 0 radical (unpaired) electrons. The third kappa shape index (κ3) is 4.79. The van der Waals surface area contributed by atoms with Gasteiger partial charge in [-0.15, -0.1) is 11.3 Å². The summed E-state index contributed by atoms with van der Waals surface area (Å²) in [6.45, 7) is 9.38. The molecule has 0 aliphatic heterocycles. The van der Waals surface area contributed by atoms with E-state index in [1.54, 1.807) is 17.9 Å². The second kappa shape index (κ2) is 7.74. The van der Waals surface area contributed by atoms with Gasteiger partial charge in [0, 0.05) is 16.6 Å². The Labute approximate surface area is 146 Å². The number of rotatable bonds is 5. The highest BCUT2D eigenvalue weighted by Gasteiger charge is 2.28. The molecule has 0 saturated carbocycles. The predicted molar refractivity (Wildman–Crippen MR) is 91.7 cm³/mol. The number of carbonyl (C=O) groups is 2. The van der Waals surface area contributed by atoms with Crippen LogP contribution in [0.5, 0.6) is 0 Å². The molecule has 1 aromatic rings. The van der Waals surface area contributed by atoms with Crippen molar-refractivity contribution in [1.29, 1.82) is 0 Å². The zero-order valence-electron chi connectivity index (χ0n) is 12.6. The zero-order chi connectivity index (χ0) is 16.3. The van der Waals surface area contributed by atoms with Crippen molar-refractivity contribution in [1.82, 2.24) is 4.90 Å². The maximum Gasteiger partial charge on any atom is 0.349 e. The summed E-state index contributed by atoms with van der Waals surface area (Å²) >= 11 is 7.92. The Bertz CT molecular complexity index is 501. The lowest BCUT2D eigenvalue weighted by Gasteiger charge is -2.32. The zero-order valence-corrected chi connectivity index (χ0v) is 16.6. The van der Waals surface area contributed by atoms with E-state index in [0.717, 1.165) is 8.26 Å². The van der Waals surface area contributed by atoms with Gasteiger partial charge >= 0.3 is 5.97 Å². The molecule has 4 nitrogen and oxygen atoms in total. The van der Waals surface area contributed by atoms with Crippen molar-refractivity contribution in [3.05, 3.63) is 19.2 Å². The van der Waals surface area contributed by atoms with Gasteiger partial charge in [-0.1, -0.05) is 0 Å². The third-order valence-electron chi connectivity index (χ3n) is 2.85. The Morgan fingerprint density at radius 3 is 2.05 bits per heavy atom. The van der Waals surface area contributed by atoms with Gasteiger partial charge in [-0.25, -0.2) is 4.79 Å². The van der Waals surface area contributed by atoms with E-state index in [2.05, 4.69) is 31.9 Å². The fourth-order valence-corrected chi connectivity index (χ4v) is 3.95. The molecule has 0 spiro atoms. The quantitative estimate of drug-likeness (QED) is 0.634. The van der Waals surface area contributed by atoms with Crippen molar-refractivity contribution >= 4 is 55.1 Å². The standard InChI is InChI=1S/C14H19Br2NO3S/c1-7(2)17(8(3)4)13(18)9(5)20-14(19)11-6-10(15)12(16)21-11/h6-9H,1-5H3. The molecular weight excluding hydrogens is 422 g/mol. The van der Waals surface area contributed by atoms with Crippen LogP contribution in [-0.4, -0.2) is 35.0 Å². The third-order valence-corrected chi connectivity index (χ3v) is 6.08. The molecule has 0 aliphatic rings. The van der Waals surface area contributed by atoms with Crippen molar-refractivity contribution < 1.29 is 14.3 Å². The molecule has 21 heavy (non-hydrogen) atoms. The monoisotopic (exact) mass is 439 g/mol. The van der Waals surface area contributed by atoms with Crippen molar-refractivity contribution in [2.24, 2.45) is 0 Å². The van der Waals surface area contributed by atoms with E-state index in [9.17, 15) is 9.59 Å². The highest BCUT2D eigenvalue weighted by molar-refractivity contribution is 9.13. The SMILES string of the molecule is CC(OC(=O)c1cc(Br)c(Br)s1)C(=O)N(C(C)C)C(C)C. The molecule has 0 N–H and O–H groups in total. The van der Waals surface area contributed by atoms with Gasteiger partial charge in [0.1, 0.15) is 4.88 Å². The molecular formula is C14H19Br2NO3S. The fraction of sp³-hybridized carbons (Fsp3) is 0.571. The first kappa shape index (κ1) is 18.6. The number of amides is 1. The normalized spacial score (nSPS) is 12.6. The van der Waals surface area contributed by atoms with Gasteiger partial charge in [0.15, 0.2) is 6.10 Å². The van der Waals surface area contributed by atoms with Gasteiger partial charge in [-0.05, 0) is 72.5 Å².